The molecule has 1 saturated heterocycles. The molecule has 0 spiro atoms. The Morgan fingerprint density at radius 1 is 1.47 bits per heavy atom. The van der Waals surface area contributed by atoms with Crippen LogP contribution in [0.1, 0.15) is 26.2 Å². The number of carbonyl (C=O) groups excluding carboxylic acids is 1. The third kappa shape index (κ3) is 2.81. The number of hydrogen-bond acceptors (Lipinski definition) is 4. The average molecular weight is 225 g/mol. The van der Waals surface area contributed by atoms with Gasteiger partial charge in [0.25, 0.3) is 0 Å². The minimum atomic E-state index is 0.0877. The fraction of sp³-hybridized carbons (Fsp3) is 0.700. The van der Waals surface area contributed by atoms with Gasteiger partial charge in [-0.1, -0.05) is 0 Å². The summed E-state index contributed by atoms with van der Waals surface area (Å²) in [6.45, 7) is 4.04. The average Bonchev–Trinajstić information content (AvgIpc) is 2.16. The summed E-state index contributed by atoms with van der Waals surface area (Å²) in [5, 5.41) is 1.84. The van der Waals surface area contributed by atoms with Crippen molar-refractivity contribution in [3.63, 3.8) is 0 Å². The molecule has 0 bridgehead atoms. The first-order valence-corrected chi connectivity index (χ1v) is 6.13. The Hall–Kier alpha value is -0.840. The summed E-state index contributed by atoms with van der Waals surface area (Å²) >= 11 is 1.60. The van der Waals surface area contributed by atoms with E-state index in [4.69, 9.17) is 0 Å². The van der Waals surface area contributed by atoms with Crippen LogP contribution in [0.2, 0.25) is 0 Å². The smallest absolute Gasteiger partial charge is 0.193 e. The highest BCUT2D eigenvalue weighted by molar-refractivity contribution is 8.28. The molecule has 4 nitrogen and oxygen atoms in total. The number of carbonyl (C=O) groups is 1. The molecule has 0 aromatic carbocycles. The molecule has 0 aliphatic carbocycles. The number of amidine groups is 2. The summed E-state index contributed by atoms with van der Waals surface area (Å²) < 4.78 is 0. The van der Waals surface area contributed by atoms with Crippen molar-refractivity contribution in [1.29, 1.82) is 0 Å². The molecule has 2 aliphatic heterocycles. The fourth-order valence-corrected chi connectivity index (χ4v) is 2.37. The molecule has 0 atom stereocenters. The first-order valence-electron chi connectivity index (χ1n) is 5.31. The van der Waals surface area contributed by atoms with Gasteiger partial charge in [0.15, 0.2) is 16.1 Å². The zero-order valence-corrected chi connectivity index (χ0v) is 9.72. The Morgan fingerprint density at radius 2 is 2.13 bits per heavy atom. The second kappa shape index (κ2) is 4.79. The number of piperidine rings is 1. The largest absolute Gasteiger partial charge is 0.351 e. The molecule has 2 heterocycles. The third-order valence-electron chi connectivity index (χ3n) is 2.44. The topological polar surface area (TPSA) is 45.0 Å². The first kappa shape index (κ1) is 10.7. The number of likely N-dealkylation sites (tertiary alicyclic amines) is 1. The first-order chi connectivity index (χ1) is 7.25. The molecule has 82 valence electrons. The highest BCUT2D eigenvalue weighted by atomic mass is 32.2. The van der Waals surface area contributed by atoms with Gasteiger partial charge in [-0.05, 0) is 37.9 Å². The van der Waals surface area contributed by atoms with E-state index in [0.29, 0.717) is 0 Å². The number of nitrogens with zero attached hydrogens (tertiary/aromatic N) is 3. The number of aliphatic imine (C=N–C) groups is 2. The van der Waals surface area contributed by atoms with Gasteiger partial charge in [0.05, 0.1) is 0 Å². The third-order valence-corrected chi connectivity index (χ3v) is 3.37. The molecule has 0 saturated carbocycles. The quantitative estimate of drug-likeness (QED) is 0.715. The van der Waals surface area contributed by atoms with E-state index < -0.39 is 0 Å². The van der Waals surface area contributed by atoms with Crippen LogP contribution < -0.4 is 0 Å². The molecule has 0 aromatic rings. The van der Waals surface area contributed by atoms with E-state index in [1.165, 1.54) is 19.3 Å². The molecule has 0 N–H and O–H groups in total. The molecule has 5 heteroatoms. The predicted octanol–water partition coefficient (Wildman–Crippen LogP) is 1.52. The van der Waals surface area contributed by atoms with E-state index in [1.54, 1.807) is 18.7 Å². The van der Waals surface area contributed by atoms with Gasteiger partial charge in [-0.15, -0.1) is 0 Å². The van der Waals surface area contributed by atoms with Crippen molar-refractivity contribution < 1.29 is 4.79 Å². The molecule has 2 aliphatic rings. The van der Waals surface area contributed by atoms with E-state index in [9.17, 15) is 4.79 Å². The Labute approximate surface area is 93.8 Å². The maximum absolute atomic E-state index is 10.7. The Bertz CT molecular complexity index is 319. The zero-order chi connectivity index (χ0) is 10.7. The van der Waals surface area contributed by atoms with Crippen LogP contribution in [-0.2, 0) is 4.79 Å². The zero-order valence-electron chi connectivity index (χ0n) is 8.90. The van der Waals surface area contributed by atoms with Crippen LogP contribution in [0.4, 0.5) is 0 Å². The molecule has 0 unspecified atom stereocenters. The van der Waals surface area contributed by atoms with Gasteiger partial charge in [0.2, 0.25) is 0 Å². The maximum atomic E-state index is 10.7. The second-order valence-corrected chi connectivity index (χ2v) is 4.78. The van der Waals surface area contributed by atoms with Gasteiger partial charge in [0, 0.05) is 13.1 Å². The minimum absolute atomic E-state index is 0.0877. The normalized spacial score (nSPS) is 23.7. The molecule has 0 aromatic heterocycles. The maximum Gasteiger partial charge on any atom is 0.193 e. The fourth-order valence-electron chi connectivity index (χ4n) is 1.64. The molecule has 15 heavy (non-hydrogen) atoms. The summed E-state index contributed by atoms with van der Waals surface area (Å²) in [5.41, 5.74) is 0. The molecular formula is C10H15N3OS. The lowest BCUT2D eigenvalue weighted by molar-refractivity contribution is -0.115. The summed E-state index contributed by atoms with van der Waals surface area (Å²) in [6.07, 6.45) is 3.86. The number of ketones is 1. The van der Waals surface area contributed by atoms with Crippen LogP contribution in [0.5, 0.6) is 0 Å². The van der Waals surface area contributed by atoms with Crippen molar-refractivity contribution in [2.45, 2.75) is 26.2 Å². The van der Waals surface area contributed by atoms with Crippen molar-refractivity contribution in [3.05, 3.63) is 0 Å². The lowest BCUT2D eigenvalue weighted by Gasteiger charge is -2.32. The summed E-state index contributed by atoms with van der Waals surface area (Å²) in [7, 11) is 0. The highest BCUT2D eigenvalue weighted by Crippen LogP contribution is 2.25. The van der Waals surface area contributed by atoms with Gasteiger partial charge in [-0.25, -0.2) is 0 Å². The Morgan fingerprint density at radius 3 is 2.73 bits per heavy atom. The van der Waals surface area contributed by atoms with Crippen molar-refractivity contribution in [1.82, 2.24) is 4.90 Å². The van der Waals surface area contributed by atoms with Crippen LogP contribution in [0.15, 0.2) is 9.98 Å². The number of thioether (sulfide) groups is 1. The van der Waals surface area contributed by atoms with E-state index in [2.05, 4.69) is 14.9 Å². The predicted molar refractivity (Wildman–Crippen MR) is 63.4 cm³/mol. The highest BCUT2D eigenvalue weighted by Gasteiger charge is 2.24. The van der Waals surface area contributed by atoms with Crippen LogP contribution in [0, 0.1) is 0 Å². The van der Waals surface area contributed by atoms with Gasteiger partial charge in [-0.3, -0.25) is 9.79 Å². The number of Topliss-reactive ketones (excluding diaryl/α,β-unsaturated/α-hetero) is 1. The molecule has 0 radical (unpaired) electrons. The van der Waals surface area contributed by atoms with E-state index >= 15 is 0 Å². The minimum Gasteiger partial charge on any atom is -0.351 e. The van der Waals surface area contributed by atoms with Crippen molar-refractivity contribution >= 4 is 27.9 Å². The van der Waals surface area contributed by atoms with E-state index in [0.717, 1.165) is 23.4 Å². The SMILES string of the molecule is CC(=O)CN=C1N=C(N2CCCCC2)S1. The van der Waals surface area contributed by atoms with Crippen molar-refractivity contribution in [2.75, 3.05) is 19.6 Å². The lowest BCUT2D eigenvalue weighted by Crippen LogP contribution is -2.38. The molecule has 1 fully saturated rings. The van der Waals surface area contributed by atoms with Gasteiger partial charge < -0.3 is 4.90 Å². The molecular weight excluding hydrogens is 210 g/mol. The summed E-state index contributed by atoms with van der Waals surface area (Å²) in [4.78, 5) is 21.4. The van der Waals surface area contributed by atoms with Crippen molar-refractivity contribution in [3.8, 4) is 0 Å². The van der Waals surface area contributed by atoms with Gasteiger partial charge >= 0.3 is 0 Å². The lowest BCUT2D eigenvalue weighted by atomic mass is 10.1. The molecule has 0 amide bonds. The monoisotopic (exact) mass is 225 g/mol. The number of hydrogen-bond donors (Lipinski definition) is 0. The van der Waals surface area contributed by atoms with Crippen LogP contribution >= 0.6 is 11.8 Å². The number of rotatable bonds is 2. The molecule has 2 rings (SSSR count). The van der Waals surface area contributed by atoms with E-state index in [-0.39, 0.29) is 12.3 Å². The van der Waals surface area contributed by atoms with Crippen molar-refractivity contribution in [2.24, 2.45) is 9.98 Å². The van der Waals surface area contributed by atoms with Crippen LogP contribution in [0.3, 0.4) is 0 Å². The van der Waals surface area contributed by atoms with Crippen LogP contribution in [0.25, 0.3) is 0 Å². The summed E-state index contributed by atoms with van der Waals surface area (Å²) in [5.74, 6) is 0.0877. The second-order valence-electron chi connectivity index (χ2n) is 3.84. The van der Waals surface area contributed by atoms with Gasteiger partial charge in [0.1, 0.15) is 6.54 Å². The standard InChI is InChI=1S/C10H15N3OS/c1-8(14)7-11-9-12-10(15-9)13-5-3-2-4-6-13/h2-7H2,1H3. The van der Waals surface area contributed by atoms with Crippen LogP contribution in [-0.4, -0.2) is 40.7 Å². The Balaban J connectivity index is 1.85. The Kier molecular flexibility index (Phi) is 3.41. The van der Waals surface area contributed by atoms with E-state index in [1.807, 2.05) is 0 Å². The van der Waals surface area contributed by atoms with Gasteiger partial charge in [-0.2, -0.15) is 4.99 Å². The summed E-state index contributed by atoms with van der Waals surface area (Å²) in [6, 6.07) is 0.